The number of nitrogens with zero attached hydrogens (tertiary/aromatic N) is 2. The van der Waals surface area contributed by atoms with Crippen molar-refractivity contribution in [2.75, 3.05) is 39.8 Å². The SMILES string of the molecule is CN1CCOc2ccccc2C(=O)NCCCCC2(CCN(C(=O)c3ccc(Br)cc3)CC2)C1=O. The van der Waals surface area contributed by atoms with Gasteiger partial charge in [0.05, 0.1) is 17.5 Å². The minimum atomic E-state index is -0.503. The van der Waals surface area contributed by atoms with Gasteiger partial charge < -0.3 is 19.9 Å². The maximum atomic E-state index is 13.7. The number of amides is 3. The Hall–Kier alpha value is -2.87. The molecule has 2 heterocycles. The predicted octanol–water partition coefficient (Wildman–Crippen LogP) is 4.12. The maximum absolute atomic E-state index is 13.7. The summed E-state index contributed by atoms with van der Waals surface area (Å²) in [5.74, 6) is 0.504. The number of fused-ring (bicyclic) bond motifs is 1. The third-order valence-corrected chi connectivity index (χ3v) is 7.61. The second kappa shape index (κ2) is 11.2. The zero-order valence-electron chi connectivity index (χ0n) is 20.1. The number of likely N-dealkylation sites (N-methyl/N-ethyl adjacent to an activating group) is 1. The first-order chi connectivity index (χ1) is 16.9. The molecule has 0 unspecified atom stereocenters. The predicted molar refractivity (Wildman–Crippen MR) is 137 cm³/mol. The van der Waals surface area contributed by atoms with Crippen LogP contribution in [-0.4, -0.2) is 67.4 Å². The van der Waals surface area contributed by atoms with Gasteiger partial charge in [-0.1, -0.05) is 34.5 Å². The van der Waals surface area contributed by atoms with Crippen molar-refractivity contribution in [1.29, 1.82) is 0 Å². The van der Waals surface area contributed by atoms with Crippen molar-refractivity contribution in [3.8, 4) is 5.75 Å². The topological polar surface area (TPSA) is 79.0 Å². The molecule has 7 nitrogen and oxygen atoms in total. The molecular weight excluding hydrogens is 510 g/mol. The molecule has 2 aliphatic rings. The number of hydrogen-bond acceptors (Lipinski definition) is 4. The van der Waals surface area contributed by atoms with Gasteiger partial charge in [0, 0.05) is 36.7 Å². The summed E-state index contributed by atoms with van der Waals surface area (Å²) >= 11 is 3.41. The van der Waals surface area contributed by atoms with Crippen LogP contribution in [-0.2, 0) is 4.79 Å². The second-order valence-corrected chi connectivity index (χ2v) is 10.3. The molecule has 0 aliphatic carbocycles. The van der Waals surface area contributed by atoms with E-state index in [1.54, 1.807) is 17.0 Å². The molecule has 2 aromatic carbocycles. The number of benzene rings is 2. The Morgan fingerprint density at radius 2 is 1.69 bits per heavy atom. The van der Waals surface area contributed by atoms with E-state index in [0.717, 1.165) is 23.7 Å². The van der Waals surface area contributed by atoms with Gasteiger partial charge in [-0.15, -0.1) is 0 Å². The highest BCUT2D eigenvalue weighted by molar-refractivity contribution is 9.10. The minimum Gasteiger partial charge on any atom is -0.491 e. The molecule has 2 aromatic rings. The first-order valence-electron chi connectivity index (χ1n) is 12.2. The Morgan fingerprint density at radius 1 is 0.971 bits per heavy atom. The van der Waals surface area contributed by atoms with Gasteiger partial charge in [0.1, 0.15) is 12.4 Å². The van der Waals surface area contributed by atoms with Crippen LogP contribution in [0, 0.1) is 5.41 Å². The quantitative estimate of drug-likeness (QED) is 0.588. The van der Waals surface area contributed by atoms with E-state index in [9.17, 15) is 14.4 Å². The van der Waals surface area contributed by atoms with E-state index in [-0.39, 0.29) is 17.7 Å². The average molecular weight is 542 g/mol. The van der Waals surface area contributed by atoms with Crippen LogP contribution in [0.2, 0.25) is 0 Å². The van der Waals surface area contributed by atoms with Gasteiger partial charge in [0.25, 0.3) is 11.8 Å². The Morgan fingerprint density at radius 3 is 2.43 bits per heavy atom. The van der Waals surface area contributed by atoms with Crippen LogP contribution >= 0.6 is 15.9 Å². The fourth-order valence-electron chi connectivity index (χ4n) is 4.95. The molecular formula is C27H32BrN3O4. The van der Waals surface area contributed by atoms with Crippen molar-refractivity contribution < 1.29 is 19.1 Å². The second-order valence-electron chi connectivity index (χ2n) is 9.36. The van der Waals surface area contributed by atoms with Crippen LogP contribution in [0.4, 0.5) is 0 Å². The van der Waals surface area contributed by atoms with Crippen molar-refractivity contribution in [2.45, 2.75) is 32.1 Å². The lowest BCUT2D eigenvalue weighted by Gasteiger charge is -2.42. The van der Waals surface area contributed by atoms with E-state index < -0.39 is 5.41 Å². The fraction of sp³-hybridized carbons (Fsp3) is 0.444. The van der Waals surface area contributed by atoms with E-state index in [1.807, 2.05) is 48.3 Å². The van der Waals surface area contributed by atoms with Crippen LogP contribution in [0.5, 0.6) is 5.75 Å². The number of para-hydroxylation sites is 1. The molecule has 0 radical (unpaired) electrons. The summed E-state index contributed by atoms with van der Waals surface area (Å²) in [5.41, 5.74) is 0.668. The lowest BCUT2D eigenvalue weighted by atomic mass is 9.73. The summed E-state index contributed by atoms with van der Waals surface area (Å²) in [5, 5.41) is 2.98. The molecule has 3 amide bonds. The summed E-state index contributed by atoms with van der Waals surface area (Å²) in [7, 11) is 1.82. The van der Waals surface area contributed by atoms with Crippen LogP contribution in [0.1, 0.15) is 52.8 Å². The lowest BCUT2D eigenvalue weighted by Crippen LogP contribution is -2.51. The summed E-state index contributed by atoms with van der Waals surface area (Å²) in [6.45, 7) is 2.38. The summed E-state index contributed by atoms with van der Waals surface area (Å²) in [6, 6.07) is 14.6. The van der Waals surface area contributed by atoms with Gasteiger partial charge in [-0.05, 0) is 62.1 Å². The van der Waals surface area contributed by atoms with Crippen LogP contribution in [0.3, 0.4) is 0 Å². The standard InChI is InChI=1S/C27H32BrN3O4/c1-30-18-19-35-23-7-3-2-6-22(23)24(32)29-15-5-4-12-27(26(30)34)13-16-31(17-14-27)25(33)20-8-10-21(28)11-9-20/h2-3,6-11H,4-5,12-19H2,1H3,(H,29,32). The number of nitrogens with one attached hydrogen (secondary N) is 1. The number of carbonyl (C=O) groups is 3. The number of carbonyl (C=O) groups excluding carboxylic acids is 3. The normalized spacial score (nSPS) is 19.4. The smallest absolute Gasteiger partial charge is 0.255 e. The van der Waals surface area contributed by atoms with Crippen molar-refractivity contribution >= 4 is 33.7 Å². The van der Waals surface area contributed by atoms with Crippen molar-refractivity contribution in [1.82, 2.24) is 15.1 Å². The summed E-state index contributed by atoms with van der Waals surface area (Å²) in [4.78, 5) is 42.9. The molecule has 1 spiro atoms. The van der Waals surface area contributed by atoms with Gasteiger partial charge >= 0.3 is 0 Å². The van der Waals surface area contributed by atoms with Crippen LogP contribution < -0.4 is 10.1 Å². The number of halogens is 1. The highest BCUT2D eigenvalue weighted by Gasteiger charge is 2.43. The molecule has 0 atom stereocenters. The third kappa shape index (κ3) is 5.86. The fourth-order valence-corrected chi connectivity index (χ4v) is 5.21. The van der Waals surface area contributed by atoms with E-state index >= 15 is 0 Å². The number of hydrogen-bond donors (Lipinski definition) is 1. The molecule has 1 saturated heterocycles. The van der Waals surface area contributed by atoms with Gasteiger partial charge in [-0.2, -0.15) is 0 Å². The zero-order chi connectivity index (χ0) is 24.8. The molecule has 2 aliphatic heterocycles. The van der Waals surface area contributed by atoms with Gasteiger partial charge in [-0.25, -0.2) is 0 Å². The highest BCUT2D eigenvalue weighted by Crippen LogP contribution is 2.39. The number of likely N-dealkylation sites (tertiary alicyclic amines) is 1. The molecule has 0 saturated carbocycles. The Labute approximate surface area is 214 Å². The molecule has 4 rings (SSSR count). The molecule has 1 fully saturated rings. The van der Waals surface area contributed by atoms with E-state index in [0.29, 0.717) is 62.5 Å². The van der Waals surface area contributed by atoms with Gasteiger partial charge in [0.15, 0.2) is 0 Å². The highest BCUT2D eigenvalue weighted by atomic mass is 79.9. The Balaban J connectivity index is 1.45. The summed E-state index contributed by atoms with van der Waals surface area (Å²) < 4.78 is 6.83. The minimum absolute atomic E-state index is 0.00354. The Kier molecular flexibility index (Phi) is 8.11. The van der Waals surface area contributed by atoms with Crippen LogP contribution in [0.15, 0.2) is 53.0 Å². The molecule has 186 valence electrons. The van der Waals surface area contributed by atoms with Gasteiger partial charge in [-0.3, -0.25) is 14.4 Å². The first kappa shape index (κ1) is 25.2. The third-order valence-electron chi connectivity index (χ3n) is 7.08. The number of piperidine rings is 1. The molecule has 1 N–H and O–H groups in total. The molecule has 0 bridgehead atoms. The summed E-state index contributed by atoms with van der Waals surface area (Å²) in [6.07, 6.45) is 3.63. The number of ether oxygens (including phenoxy) is 1. The van der Waals surface area contributed by atoms with E-state index in [2.05, 4.69) is 21.2 Å². The maximum Gasteiger partial charge on any atom is 0.255 e. The monoisotopic (exact) mass is 541 g/mol. The average Bonchev–Trinajstić information content (AvgIpc) is 2.88. The Bertz CT molecular complexity index is 1060. The molecule has 35 heavy (non-hydrogen) atoms. The van der Waals surface area contributed by atoms with Crippen molar-refractivity contribution in [3.05, 3.63) is 64.1 Å². The van der Waals surface area contributed by atoms with E-state index in [4.69, 9.17) is 4.74 Å². The van der Waals surface area contributed by atoms with Crippen molar-refractivity contribution in [3.63, 3.8) is 0 Å². The first-order valence-corrected chi connectivity index (χ1v) is 13.0. The van der Waals surface area contributed by atoms with E-state index in [1.165, 1.54) is 0 Å². The molecule has 0 aromatic heterocycles. The largest absolute Gasteiger partial charge is 0.491 e. The lowest BCUT2D eigenvalue weighted by molar-refractivity contribution is -0.144. The molecule has 8 heteroatoms. The van der Waals surface area contributed by atoms with Crippen molar-refractivity contribution in [2.24, 2.45) is 5.41 Å². The van der Waals surface area contributed by atoms with Crippen LogP contribution in [0.25, 0.3) is 0 Å². The zero-order valence-corrected chi connectivity index (χ0v) is 21.7. The van der Waals surface area contributed by atoms with Gasteiger partial charge in [0.2, 0.25) is 5.91 Å². The number of rotatable bonds is 1.